The number of hydrogen-bond donors (Lipinski definition) is 0. The van der Waals surface area contributed by atoms with E-state index >= 15 is 0 Å². The van der Waals surface area contributed by atoms with Crippen LogP contribution in [0.5, 0.6) is 23.0 Å². The van der Waals surface area contributed by atoms with Crippen molar-refractivity contribution in [3.8, 4) is 23.0 Å². The molecule has 2 fully saturated rings. The quantitative estimate of drug-likeness (QED) is 0.182. The number of carbonyl (C=O) groups excluding carboxylic acids is 2. The second-order valence-corrected chi connectivity index (χ2v) is 9.97. The molecule has 3 aromatic carbocycles. The minimum Gasteiger partial charge on any atom is -0.493 e. The highest BCUT2D eigenvalue weighted by Crippen LogP contribution is 2.31. The molecule has 0 aliphatic carbocycles. The first-order valence-electron chi connectivity index (χ1n) is 12.6. The molecule has 0 spiro atoms. The van der Waals surface area contributed by atoms with Gasteiger partial charge in [-0.05, 0) is 86.6 Å². The molecule has 2 saturated heterocycles. The maximum Gasteiger partial charge on any atom is 0.343 e. The molecule has 0 amide bonds. The van der Waals surface area contributed by atoms with Crippen LogP contribution in [-0.4, -0.2) is 49.6 Å². The number of epoxide rings is 2. The molecule has 0 bridgehead atoms. The van der Waals surface area contributed by atoms with Gasteiger partial charge >= 0.3 is 11.9 Å². The first-order chi connectivity index (χ1) is 18.3. The SMILES string of the molecule is CC1(CCOc2ccc(OC(=O)c3ccc(C(=O)Oc4ccc(OCCC5(C)CO5)cc4)cc3)cc2)CO1. The molecule has 5 rings (SSSR count). The molecule has 2 heterocycles. The van der Waals surface area contributed by atoms with Crippen LogP contribution in [0.25, 0.3) is 0 Å². The summed E-state index contributed by atoms with van der Waals surface area (Å²) < 4.78 is 33.0. The van der Waals surface area contributed by atoms with Crippen molar-refractivity contribution in [2.45, 2.75) is 37.9 Å². The van der Waals surface area contributed by atoms with E-state index in [1.54, 1.807) is 48.5 Å². The van der Waals surface area contributed by atoms with Gasteiger partial charge in [-0.3, -0.25) is 0 Å². The molecule has 2 unspecified atom stereocenters. The largest absolute Gasteiger partial charge is 0.493 e. The van der Waals surface area contributed by atoms with Gasteiger partial charge in [-0.1, -0.05) is 0 Å². The minimum atomic E-state index is -0.532. The van der Waals surface area contributed by atoms with Crippen LogP contribution in [-0.2, 0) is 9.47 Å². The Hall–Kier alpha value is -3.88. The zero-order chi connectivity index (χ0) is 26.6. The number of ether oxygens (including phenoxy) is 6. The van der Waals surface area contributed by atoms with Crippen LogP contribution in [0.3, 0.4) is 0 Å². The van der Waals surface area contributed by atoms with Gasteiger partial charge in [0.1, 0.15) is 23.0 Å². The highest BCUT2D eigenvalue weighted by molar-refractivity contribution is 5.94. The lowest BCUT2D eigenvalue weighted by atomic mass is 10.1. The van der Waals surface area contributed by atoms with E-state index in [1.165, 1.54) is 24.3 Å². The fourth-order valence-corrected chi connectivity index (χ4v) is 3.59. The third-order valence-corrected chi connectivity index (χ3v) is 6.50. The Bertz CT molecular complexity index is 1160. The third kappa shape index (κ3) is 7.12. The van der Waals surface area contributed by atoms with E-state index in [0.717, 1.165) is 26.1 Å². The van der Waals surface area contributed by atoms with Gasteiger partial charge in [0.15, 0.2) is 0 Å². The Balaban J connectivity index is 1.07. The van der Waals surface area contributed by atoms with E-state index in [-0.39, 0.29) is 11.2 Å². The van der Waals surface area contributed by atoms with Crippen LogP contribution in [0.1, 0.15) is 47.4 Å². The molecule has 2 atom stereocenters. The summed E-state index contributed by atoms with van der Waals surface area (Å²) >= 11 is 0. The summed E-state index contributed by atoms with van der Waals surface area (Å²) in [5, 5.41) is 0. The topological polar surface area (TPSA) is 96.1 Å². The van der Waals surface area contributed by atoms with Gasteiger partial charge in [0.25, 0.3) is 0 Å². The fourth-order valence-electron chi connectivity index (χ4n) is 3.59. The number of carbonyl (C=O) groups is 2. The van der Waals surface area contributed by atoms with Gasteiger partial charge < -0.3 is 28.4 Å². The molecule has 2 aliphatic heterocycles. The molecule has 0 N–H and O–H groups in total. The van der Waals surface area contributed by atoms with Gasteiger partial charge in [-0.15, -0.1) is 0 Å². The van der Waals surface area contributed by atoms with Gasteiger partial charge in [0, 0.05) is 12.8 Å². The molecular formula is C30H30O8. The summed E-state index contributed by atoms with van der Waals surface area (Å²) in [6.07, 6.45) is 1.65. The van der Waals surface area contributed by atoms with Gasteiger partial charge in [-0.25, -0.2) is 9.59 Å². The van der Waals surface area contributed by atoms with Crippen molar-refractivity contribution in [1.29, 1.82) is 0 Å². The predicted molar refractivity (Wildman–Crippen MR) is 138 cm³/mol. The Kier molecular flexibility index (Phi) is 7.35. The van der Waals surface area contributed by atoms with E-state index in [1.807, 2.05) is 0 Å². The molecule has 0 aromatic heterocycles. The normalized spacial score (nSPS) is 21.3. The van der Waals surface area contributed by atoms with E-state index in [4.69, 9.17) is 28.4 Å². The van der Waals surface area contributed by atoms with E-state index in [9.17, 15) is 9.59 Å². The monoisotopic (exact) mass is 518 g/mol. The molecule has 0 saturated carbocycles. The zero-order valence-electron chi connectivity index (χ0n) is 21.4. The lowest BCUT2D eigenvalue weighted by Gasteiger charge is -2.10. The lowest BCUT2D eigenvalue weighted by molar-refractivity contribution is 0.0720. The molecule has 8 heteroatoms. The van der Waals surface area contributed by atoms with Crippen LogP contribution in [0.15, 0.2) is 72.8 Å². The smallest absolute Gasteiger partial charge is 0.343 e. The van der Waals surface area contributed by atoms with Crippen molar-refractivity contribution < 1.29 is 38.0 Å². The first kappa shape index (κ1) is 25.8. The number of hydrogen-bond acceptors (Lipinski definition) is 8. The second kappa shape index (κ2) is 10.8. The second-order valence-electron chi connectivity index (χ2n) is 9.97. The Morgan fingerprint density at radius 2 is 0.921 bits per heavy atom. The molecule has 8 nitrogen and oxygen atoms in total. The molecule has 198 valence electrons. The highest BCUT2D eigenvalue weighted by atomic mass is 16.6. The Morgan fingerprint density at radius 1 is 0.605 bits per heavy atom. The molecule has 38 heavy (non-hydrogen) atoms. The van der Waals surface area contributed by atoms with Crippen LogP contribution in [0.2, 0.25) is 0 Å². The van der Waals surface area contributed by atoms with E-state index < -0.39 is 11.9 Å². The van der Waals surface area contributed by atoms with Crippen LogP contribution >= 0.6 is 0 Å². The number of benzene rings is 3. The van der Waals surface area contributed by atoms with E-state index in [2.05, 4.69) is 13.8 Å². The molecular weight excluding hydrogens is 488 g/mol. The first-order valence-corrected chi connectivity index (χ1v) is 12.6. The molecule has 3 aromatic rings. The summed E-state index contributed by atoms with van der Waals surface area (Å²) in [5.74, 6) is 1.11. The van der Waals surface area contributed by atoms with Crippen molar-refractivity contribution in [3.05, 3.63) is 83.9 Å². The minimum absolute atomic E-state index is 0.0488. The fraction of sp³-hybridized carbons (Fsp3) is 0.333. The van der Waals surface area contributed by atoms with Crippen molar-refractivity contribution in [2.75, 3.05) is 26.4 Å². The predicted octanol–water partition coefficient (Wildman–Crippen LogP) is 5.24. The van der Waals surface area contributed by atoms with Crippen LogP contribution in [0, 0.1) is 0 Å². The summed E-state index contributed by atoms with van der Waals surface area (Å²) in [5.41, 5.74) is 0.525. The summed E-state index contributed by atoms with van der Waals surface area (Å²) in [6.45, 7) is 6.76. The van der Waals surface area contributed by atoms with Crippen LogP contribution < -0.4 is 18.9 Å². The summed E-state index contributed by atoms with van der Waals surface area (Å²) in [4.78, 5) is 25.0. The van der Waals surface area contributed by atoms with Gasteiger partial charge in [0.2, 0.25) is 0 Å². The summed E-state index contributed by atoms with van der Waals surface area (Å²) in [6, 6.07) is 19.8. The zero-order valence-corrected chi connectivity index (χ0v) is 21.4. The maximum absolute atomic E-state index is 12.5. The number of rotatable bonds is 12. The van der Waals surface area contributed by atoms with Gasteiger partial charge in [-0.2, -0.15) is 0 Å². The maximum atomic E-state index is 12.5. The average Bonchev–Trinajstić information content (AvgIpc) is 3.84. The van der Waals surface area contributed by atoms with Gasteiger partial charge in [0.05, 0.1) is 48.8 Å². The van der Waals surface area contributed by atoms with Crippen molar-refractivity contribution in [1.82, 2.24) is 0 Å². The summed E-state index contributed by atoms with van der Waals surface area (Å²) in [7, 11) is 0. The third-order valence-electron chi connectivity index (χ3n) is 6.50. The lowest BCUT2D eigenvalue weighted by Crippen LogP contribution is -2.12. The number of esters is 2. The molecule has 2 aliphatic rings. The highest BCUT2D eigenvalue weighted by Gasteiger charge is 2.39. The standard InChI is InChI=1S/C30H30O8/c1-29(19-35-29)15-17-33-23-7-11-25(12-8-23)37-27(31)21-3-5-22(6-4-21)28(32)38-26-13-9-24(10-14-26)34-18-16-30(2)20-36-30/h3-14H,15-20H2,1-2H3. The Morgan fingerprint density at radius 3 is 1.24 bits per heavy atom. The van der Waals surface area contributed by atoms with Crippen LogP contribution in [0.4, 0.5) is 0 Å². The average molecular weight is 519 g/mol. The van der Waals surface area contributed by atoms with Crippen molar-refractivity contribution in [3.63, 3.8) is 0 Å². The molecule has 0 radical (unpaired) electrons. The Labute approximate surface area is 221 Å². The van der Waals surface area contributed by atoms with E-state index in [0.29, 0.717) is 47.3 Å². The van der Waals surface area contributed by atoms with Crippen molar-refractivity contribution in [2.24, 2.45) is 0 Å². The van der Waals surface area contributed by atoms with Crippen molar-refractivity contribution >= 4 is 11.9 Å².